The Balaban J connectivity index is 1.74. The van der Waals surface area contributed by atoms with Gasteiger partial charge >= 0.3 is 0 Å². The largest absolute Gasteiger partial charge is 0.354 e. The molecule has 0 fully saturated rings. The van der Waals surface area contributed by atoms with Crippen molar-refractivity contribution < 1.29 is 4.79 Å². The minimum Gasteiger partial charge on any atom is -0.354 e. The number of hydrogen-bond acceptors (Lipinski definition) is 3. The summed E-state index contributed by atoms with van der Waals surface area (Å²) in [5.74, 6) is 0.0252. The molecular formula is C15H20N4O. The van der Waals surface area contributed by atoms with Crippen LogP contribution in [0.5, 0.6) is 0 Å². The van der Waals surface area contributed by atoms with Crippen LogP contribution in [0.1, 0.15) is 31.5 Å². The average molecular weight is 272 g/mol. The molecule has 2 aromatic heterocycles. The van der Waals surface area contributed by atoms with Crippen LogP contribution < -0.4 is 5.32 Å². The topological polar surface area (TPSA) is 59.8 Å². The van der Waals surface area contributed by atoms with E-state index in [-0.39, 0.29) is 11.9 Å². The summed E-state index contributed by atoms with van der Waals surface area (Å²) in [4.78, 5) is 16.4. The van der Waals surface area contributed by atoms with Gasteiger partial charge in [-0.1, -0.05) is 13.0 Å². The lowest BCUT2D eigenvalue weighted by Gasteiger charge is -2.15. The van der Waals surface area contributed by atoms with E-state index in [2.05, 4.69) is 15.4 Å². The molecule has 0 saturated carbocycles. The van der Waals surface area contributed by atoms with Gasteiger partial charge in [0.2, 0.25) is 5.91 Å². The fourth-order valence-corrected chi connectivity index (χ4v) is 2.10. The van der Waals surface area contributed by atoms with Gasteiger partial charge in [-0.25, -0.2) is 0 Å². The van der Waals surface area contributed by atoms with Crippen molar-refractivity contribution in [2.24, 2.45) is 0 Å². The van der Waals surface area contributed by atoms with Gasteiger partial charge in [-0.05, 0) is 37.5 Å². The second-order valence-electron chi connectivity index (χ2n) is 4.63. The maximum absolute atomic E-state index is 12.1. The summed E-state index contributed by atoms with van der Waals surface area (Å²) < 4.78 is 1.70. The number of nitrogens with one attached hydrogen (secondary N) is 1. The van der Waals surface area contributed by atoms with E-state index in [0.717, 1.165) is 25.0 Å². The van der Waals surface area contributed by atoms with Crippen molar-refractivity contribution in [3.8, 4) is 0 Å². The maximum Gasteiger partial charge on any atom is 0.244 e. The van der Waals surface area contributed by atoms with Gasteiger partial charge < -0.3 is 5.32 Å². The number of amides is 1. The quantitative estimate of drug-likeness (QED) is 0.784. The van der Waals surface area contributed by atoms with E-state index < -0.39 is 0 Å². The molecule has 2 heterocycles. The van der Waals surface area contributed by atoms with E-state index in [1.165, 1.54) is 0 Å². The summed E-state index contributed by atoms with van der Waals surface area (Å²) >= 11 is 0. The van der Waals surface area contributed by atoms with Crippen molar-refractivity contribution in [3.63, 3.8) is 0 Å². The van der Waals surface area contributed by atoms with Gasteiger partial charge in [-0.2, -0.15) is 5.10 Å². The van der Waals surface area contributed by atoms with Crippen LogP contribution >= 0.6 is 0 Å². The molecule has 1 atom stereocenters. The van der Waals surface area contributed by atoms with Crippen LogP contribution in [0.3, 0.4) is 0 Å². The molecule has 106 valence electrons. The number of pyridine rings is 1. The molecule has 20 heavy (non-hydrogen) atoms. The Labute approximate surface area is 119 Å². The predicted molar refractivity (Wildman–Crippen MR) is 77.1 cm³/mol. The zero-order valence-corrected chi connectivity index (χ0v) is 11.7. The summed E-state index contributed by atoms with van der Waals surface area (Å²) in [7, 11) is 0. The number of aryl methyl sites for hydroxylation is 1. The Morgan fingerprint density at radius 1 is 1.35 bits per heavy atom. The van der Waals surface area contributed by atoms with Crippen molar-refractivity contribution in [1.82, 2.24) is 20.1 Å². The summed E-state index contributed by atoms with van der Waals surface area (Å²) in [5, 5.41) is 7.09. The standard InChI is InChI=1S/C15H20N4O/c1-2-14(19-12-6-11-18-19)15(20)17-10-5-8-13-7-3-4-9-16-13/h3-4,6-7,9,11-12,14H,2,5,8,10H2,1H3,(H,17,20). The van der Waals surface area contributed by atoms with Gasteiger partial charge in [0.15, 0.2) is 0 Å². The highest BCUT2D eigenvalue weighted by Gasteiger charge is 2.17. The summed E-state index contributed by atoms with van der Waals surface area (Å²) in [5.41, 5.74) is 1.06. The van der Waals surface area contributed by atoms with E-state index >= 15 is 0 Å². The van der Waals surface area contributed by atoms with E-state index in [4.69, 9.17) is 0 Å². The molecule has 2 aromatic rings. The Morgan fingerprint density at radius 3 is 2.90 bits per heavy atom. The predicted octanol–water partition coefficient (Wildman–Crippen LogP) is 1.98. The number of hydrogen-bond donors (Lipinski definition) is 1. The average Bonchev–Trinajstić information content (AvgIpc) is 2.99. The number of carbonyl (C=O) groups excluding carboxylic acids is 1. The molecule has 2 rings (SSSR count). The zero-order valence-electron chi connectivity index (χ0n) is 11.7. The van der Waals surface area contributed by atoms with E-state index in [0.29, 0.717) is 6.54 Å². The molecule has 5 heteroatoms. The van der Waals surface area contributed by atoms with Crippen LogP contribution in [0.15, 0.2) is 42.9 Å². The lowest BCUT2D eigenvalue weighted by molar-refractivity contribution is -0.124. The van der Waals surface area contributed by atoms with Gasteiger partial charge in [-0.15, -0.1) is 0 Å². The maximum atomic E-state index is 12.1. The molecule has 0 aromatic carbocycles. The van der Waals surface area contributed by atoms with Gasteiger partial charge in [0.05, 0.1) is 0 Å². The summed E-state index contributed by atoms with van der Waals surface area (Å²) in [6, 6.07) is 7.49. The Morgan fingerprint density at radius 2 is 2.25 bits per heavy atom. The first-order valence-electron chi connectivity index (χ1n) is 6.98. The molecule has 0 aliphatic rings. The minimum atomic E-state index is -0.222. The minimum absolute atomic E-state index is 0.0252. The SMILES string of the molecule is CCC(C(=O)NCCCc1ccccn1)n1cccn1. The third kappa shape index (κ3) is 3.91. The van der Waals surface area contributed by atoms with E-state index in [9.17, 15) is 4.79 Å². The van der Waals surface area contributed by atoms with Gasteiger partial charge in [0.25, 0.3) is 0 Å². The highest BCUT2D eigenvalue weighted by molar-refractivity contribution is 5.80. The molecular weight excluding hydrogens is 252 g/mol. The molecule has 0 bridgehead atoms. The fourth-order valence-electron chi connectivity index (χ4n) is 2.10. The third-order valence-corrected chi connectivity index (χ3v) is 3.17. The second kappa shape index (κ2) is 7.43. The molecule has 5 nitrogen and oxygen atoms in total. The molecule has 1 amide bonds. The number of nitrogens with zero attached hydrogens (tertiary/aromatic N) is 3. The number of aromatic nitrogens is 3. The monoisotopic (exact) mass is 272 g/mol. The van der Waals surface area contributed by atoms with Crippen LogP contribution in [-0.2, 0) is 11.2 Å². The number of carbonyl (C=O) groups is 1. The highest BCUT2D eigenvalue weighted by Crippen LogP contribution is 2.09. The zero-order chi connectivity index (χ0) is 14.2. The molecule has 0 spiro atoms. The highest BCUT2D eigenvalue weighted by atomic mass is 16.2. The van der Waals surface area contributed by atoms with E-state index in [1.807, 2.05) is 37.4 Å². The van der Waals surface area contributed by atoms with Crippen LogP contribution in [0.25, 0.3) is 0 Å². The van der Waals surface area contributed by atoms with Gasteiger partial charge in [-0.3, -0.25) is 14.5 Å². The molecule has 1 N–H and O–H groups in total. The Bertz CT molecular complexity index is 510. The fraction of sp³-hybridized carbons (Fsp3) is 0.400. The van der Waals surface area contributed by atoms with Crippen molar-refractivity contribution in [2.75, 3.05) is 6.54 Å². The first-order chi connectivity index (χ1) is 9.81. The lowest BCUT2D eigenvalue weighted by atomic mass is 10.2. The lowest BCUT2D eigenvalue weighted by Crippen LogP contribution is -2.33. The van der Waals surface area contributed by atoms with Crippen LogP contribution in [-0.4, -0.2) is 27.2 Å². The molecule has 0 aliphatic heterocycles. The first-order valence-corrected chi connectivity index (χ1v) is 6.98. The molecule has 0 aliphatic carbocycles. The van der Waals surface area contributed by atoms with Gasteiger partial charge in [0, 0.05) is 30.8 Å². The summed E-state index contributed by atoms with van der Waals surface area (Å²) in [6.45, 7) is 2.65. The van der Waals surface area contributed by atoms with Crippen molar-refractivity contribution >= 4 is 5.91 Å². The Kier molecular flexibility index (Phi) is 5.29. The van der Waals surface area contributed by atoms with Crippen LogP contribution in [0.2, 0.25) is 0 Å². The second-order valence-corrected chi connectivity index (χ2v) is 4.63. The van der Waals surface area contributed by atoms with Crippen molar-refractivity contribution in [3.05, 3.63) is 48.5 Å². The van der Waals surface area contributed by atoms with Crippen molar-refractivity contribution in [2.45, 2.75) is 32.2 Å². The first kappa shape index (κ1) is 14.2. The van der Waals surface area contributed by atoms with Gasteiger partial charge in [0.1, 0.15) is 6.04 Å². The molecule has 1 unspecified atom stereocenters. The Hall–Kier alpha value is -2.17. The normalized spacial score (nSPS) is 12.1. The van der Waals surface area contributed by atoms with E-state index in [1.54, 1.807) is 17.1 Å². The molecule has 0 saturated heterocycles. The van der Waals surface area contributed by atoms with Crippen molar-refractivity contribution in [1.29, 1.82) is 0 Å². The molecule has 0 radical (unpaired) electrons. The smallest absolute Gasteiger partial charge is 0.244 e. The number of rotatable bonds is 7. The third-order valence-electron chi connectivity index (χ3n) is 3.17. The van der Waals surface area contributed by atoms with Crippen LogP contribution in [0.4, 0.5) is 0 Å². The van der Waals surface area contributed by atoms with Crippen LogP contribution in [0, 0.1) is 0 Å². The summed E-state index contributed by atoms with van der Waals surface area (Å²) in [6.07, 6.45) is 7.79.